The molecule has 1 atom stereocenters. The summed E-state index contributed by atoms with van der Waals surface area (Å²) in [5.74, 6) is 0.414. The third-order valence-corrected chi connectivity index (χ3v) is 8.83. The Bertz CT molecular complexity index is 1680. The van der Waals surface area contributed by atoms with Crippen LogP contribution in [-0.2, 0) is 18.4 Å². The van der Waals surface area contributed by atoms with E-state index in [1.165, 1.54) is 10.5 Å². The Balaban J connectivity index is 1.17. The van der Waals surface area contributed by atoms with Crippen molar-refractivity contribution in [3.05, 3.63) is 73.6 Å². The molecular weight excluding hydrogens is 575 g/mol. The predicted octanol–water partition coefficient (Wildman–Crippen LogP) is 5.20. The standard InChI is InChI=1S/C28H27Cl3N6O3/c1-15-8-16(2)26-19(9-15)22(4-7-40-26)37-13-17(32-33-37)12-35-5-6-36(14-24(35)38)28(39)25-18-10-20(29)21(30)11-23(18)34(3)27(25)31/h8-11,13,22H,4-7,12,14H2,1-3H3/t22-/m1/s1. The molecule has 9 nitrogen and oxygen atoms in total. The first-order valence-electron chi connectivity index (χ1n) is 13.0. The van der Waals surface area contributed by atoms with Crippen LogP contribution in [0, 0.1) is 13.8 Å². The molecule has 4 aromatic rings. The summed E-state index contributed by atoms with van der Waals surface area (Å²) < 4.78 is 9.49. The molecule has 2 aliphatic rings. The molecule has 6 rings (SSSR count). The number of halogens is 3. The minimum absolute atomic E-state index is 0.0163. The summed E-state index contributed by atoms with van der Waals surface area (Å²) in [5, 5.41) is 10.3. The molecule has 2 aliphatic heterocycles. The Morgan fingerprint density at radius 2 is 1.88 bits per heavy atom. The van der Waals surface area contributed by atoms with Gasteiger partial charge in [0.1, 0.15) is 23.1 Å². The van der Waals surface area contributed by atoms with E-state index in [1.807, 2.05) is 10.9 Å². The fourth-order valence-electron chi connectivity index (χ4n) is 5.68. The third kappa shape index (κ3) is 4.60. The summed E-state index contributed by atoms with van der Waals surface area (Å²) >= 11 is 19.0. The van der Waals surface area contributed by atoms with E-state index in [1.54, 1.807) is 28.6 Å². The number of rotatable bonds is 4. The van der Waals surface area contributed by atoms with Gasteiger partial charge in [-0.2, -0.15) is 0 Å². The van der Waals surface area contributed by atoms with Crippen LogP contribution in [0.4, 0.5) is 0 Å². The van der Waals surface area contributed by atoms with Crippen molar-refractivity contribution >= 4 is 57.5 Å². The van der Waals surface area contributed by atoms with Gasteiger partial charge in [0.25, 0.3) is 5.91 Å². The van der Waals surface area contributed by atoms with Crippen LogP contribution >= 0.6 is 34.8 Å². The van der Waals surface area contributed by atoms with Gasteiger partial charge in [-0.15, -0.1) is 5.10 Å². The Kier molecular flexibility index (Phi) is 6.92. The van der Waals surface area contributed by atoms with Gasteiger partial charge < -0.3 is 19.1 Å². The van der Waals surface area contributed by atoms with Crippen molar-refractivity contribution in [2.24, 2.45) is 7.05 Å². The van der Waals surface area contributed by atoms with Crippen LogP contribution in [0.2, 0.25) is 15.2 Å². The van der Waals surface area contributed by atoms with Gasteiger partial charge in [-0.25, -0.2) is 4.68 Å². The normalized spacial score (nSPS) is 17.4. The van der Waals surface area contributed by atoms with E-state index in [-0.39, 0.29) is 29.6 Å². The smallest absolute Gasteiger partial charge is 0.258 e. The van der Waals surface area contributed by atoms with Gasteiger partial charge in [-0.1, -0.05) is 57.7 Å². The van der Waals surface area contributed by atoms with E-state index in [4.69, 9.17) is 39.5 Å². The van der Waals surface area contributed by atoms with Gasteiger partial charge in [-0.3, -0.25) is 9.59 Å². The van der Waals surface area contributed by atoms with Crippen LogP contribution in [0.1, 0.15) is 45.2 Å². The molecular formula is C28H27Cl3N6O3. The molecule has 208 valence electrons. The van der Waals surface area contributed by atoms with Crippen LogP contribution < -0.4 is 4.74 Å². The number of amides is 2. The first kappa shape index (κ1) is 26.9. The highest BCUT2D eigenvalue weighted by molar-refractivity contribution is 6.43. The van der Waals surface area contributed by atoms with E-state index in [9.17, 15) is 9.59 Å². The van der Waals surface area contributed by atoms with E-state index >= 15 is 0 Å². The molecule has 12 heteroatoms. The van der Waals surface area contributed by atoms with Crippen LogP contribution in [0.3, 0.4) is 0 Å². The lowest BCUT2D eigenvalue weighted by Gasteiger charge is -2.34. The molecule has 2 aromatic heterocycles. The number of aryl methyl sites for hydroxylation is 3. The van der Waals surface area contributed by atoms with E-state index in [0.29, 0.717) is 58.4 Å². The van der Waals surface area contributed by atoms with E-state index in [0.717, 1.165) is 23.3 Å². The van der Waals surface area contributed by atoms with Gasteiger partial charge >= 0.3 is 0 Å². The Hall–Kier alpha value is -3.27. The van der Waals surface area contributed by atoms with Gasteiger partial charge in [0.05, 0.1) is 46.5 Å². The average Bonchev–Trinajstić information content (AvgIpc) is 3.47. The first-order valence-corrected chi connectivity index (χ1v) is 14.1. The number of carbonyl (C=O) groups excluding carboxylic acids is 2. The van der Waals surface area contributed by atoms with Gasteiger partial charge in [-0.05, 0) is 31.5 Å². The number of nitrogens with zero attached hydrogens (tertiary/aromatic N) is 6. The second-order valence-corrected chi connectivity index (χ2v) is 11.6. The molecule has 0 bridgehead atoms. The van der Waals surface area contributed by atoms with Crippen LogP contribution in [0.5, 0.6) is 5.75 Å². The summed E-state index contributed by atoms with van der Waals surface area (Å²) in [6.07, 6.45) is 2.68. The largest absolute Gasteiger partial charge is 0.493 e. The number of piperazine rings is 1. The fourth-order valence-corrected chi connectivity index (χ4v) is 6.27. The molecule has 1 saturated heterocycles. The molecule has 0 unspecified atom stereocenters. The second kappa shape index (κ2) is 10.3. The lowest BCUT2D eigenvalue weighted by molar-refractivity contribution is -0.135. The highest BCUT2D eigenvalue weighted by atomic mass is 35.5. The Morgan fingerprint density at radius 1 is 1.10 bits per heavy atom. The summed E-state index contributed by atoms with van der Waals surface area (Å²) in [4.78, 5) is 29.9. The summed E-state index contributed by atoms with van der Waals surface area (Å²) in [6.45, 7) is 5.70. The molecule has 0 saturated carbocycles. The maximum atomic E-state index is 13.5. The van der Waals surface area contributed by atoms with Crippen molar-refractivity contribution in [3.63, 3.8) is 0 Å². The first-order chi connectivity index (χ1) is 19.1. The Morgan fingerprint density at radius 3 is 2.65 bits per heavy atom. The zero-order valence-electron chi connectivity index (χ0n) is 22.2. The minimum Gasteiger partial charge on any atom is -0.493 e. The van der Waals surface area contributed by atoms with Crippen LogP contribution in [-0.4, -0.2) is 67.4 Å². The summed E-state index contributed by atoms with van der Waals surface area (Å²) in [6, 6.07) is 7.59. The molecule has 2 aromatic carbocycles. The van der Waals surface area contributed by atoms with Crippen LogP contribution in [0.25, 0.3) is 10.9 Å². The molecule has 40 heavy (non-hydrogen) atoms. The van der Waals surface area contributed by atoms with Crippen LogP contribution in [0.15, 0.2) is 30.5 Å². The maximum Gasteiger partial charge on any atom is 0.258 e. The van der Waals surface area contributed by atoms with Gasteiger partial charge in [0.2, 0.25) is 5.91 Å². The minimum atomic E-state index is -0.322. The number of benzene rings is 2. The lowest BCUT2D eigenvalue weighted by Crippen LogP contribution is -2.51. The second-order valence-electron chi connectivity index (χ2n) is 10.4. The highest BCUT2D eigenvalue weighted by Crippen LogP contribution is 2.38. The zero-order chi connectivity index (χ0) is 28.3. The molecule has 1 fully saturated rings. The molecule has 0 spiro atoms. The Labute approximate surface area is 246 Å². The van der Waals surface area contributed by atoms with Crippen molar-refractivity contribution in [1.29, 1.82) is 0 Å². The molecule has 0 aliphatic carbocycles. The SMILES string of the molecule is Cc1cc(C)c2c(c1)[C@H](n1cc(CN3CCN(C(=O)c4c(Cl)n(C)c5cc(Cl)c(Cl)cc45)CC3=O)nn1)CCO2. The van der Waals surface area contributed by atoms with E-state index in [2.05, 4.69) is 36.3 Å². The molecule has 4 heterocycles. The number of hydrogen-bond acceptors (Lipinski definition) is 5. The lowest BCUT2D eigenvalue weighted by atomic mass is 9.96. The molecule has 2 amide bonds. The predicted molar refractivity (Wildman–Crippen MR) is 153 cm³/mol. The van der Waals surface area contributed by atoms with Crippen molar-refractivity contribution in [2.45, 2.75) is 32.9 Å². The van der Waals surface area contributed by atoms with E-state index < -0.39 is 0 Å². The third-order valence-electron chi connectivity index (χ3n) is 7.66. The number of aromatic nitrogens is 4. The van der Waals surface area contributed by atoms with Gasteiger partial charge in [0.15, 0.2) is 0 Å². The quantitative estimate of drug-likeness (QED) is 0.321. The van der Waals surface area contributed by atoms with Crippen molar-refractivity contribution in [3.8, 4) is 5.75 Å². The number of ether oxygens (including phenoxy) is 1. The number of hydrogen-bond donors (Lipinski definition) is 0. The van der Waals surface area contributed by atoms with Crippen molar-refractivity contribution < 1.29 is 14.3 Å². The van der Waals surface area contributed by atoms with Crippen molar-refractivity contribution in [2.75, 3.05) is 26.2 Å². The topological polar surface area (TPSA) is 85.5 Å². The average molecular weight is 602 g/mol. The number of fused-ring (bicyclic) bond motifs is 2. The summed E-state index contributed by atoms with van der Waals surface area (Å²) in [7, 11) is 1.75. The summed E-state index contributed by atoms with van der Waals surface area (Å²) in [5.41, 5.74) is 5.06. The fraction of sp³-hybridized carbons (Fsp3) is 0.357. The van der Waals surface area contributed by atoms with Gasteiger partial charge in [0, 0.05) is 37.5 Å². The zero-order valence-corrected chi connectivity index (χ0v) is 24.5. The molecule has 0 N–H and O–H groups in total. The number of carbonyl (C=O) groups is 2. The van der Waals surface area contributed by atoms with Crippen molar-refractivity contribution in [1.82, 2.24) is 29.4 Å². The highest BCUT2D eigenvalue weighted by Gasteiger charge is 2.32. The maximum absolute atomic E-state index is 13.5. The monoisotopic (exact) mass is 600 g/mol. The molecule has 0 radical (unpaired) electrons.